The van der Waals surface area contributed by atoms with E-state index in [9.17, 15) is 8.42 Å². The average molecular weight is 468 g/mol. The lowest BCUT2D eigenvalue weighted by molar-refractivity contribution is 0.371. The molecule has 24 heavy (non-hydrogen) atoms. The Hall–Kier alpha value is -1.17. The van der Waals surface area contributed by atoms with Crippen molar-refractivity contribution in [2.75, 3.05) is 56.2 Å². The molecule has 0 radical (unpaired) electrons. The summed E-state index contributed by atoms with van der Waals surface area (Å²) in [6.45, 7) is 5.23. The van der Waals surface area contributed by atoms with Crippen LogP contribution in [0.5, 0.6) is 0 Å². The number of sulfone groups is 1. The summed E-state index contributed by atoms with van der Waals surface area (Å²) < 4.78 is 23.1. The molecule has 1 aliphatic rings. The Bertz CT molecular complexity index is 617. The third-order valence-electron chi connectivity index (χ3n) is 3.76. The standard InChI is InChI=1S/C14H24N6O2S.HI/c1-3-23(21,22)12-7-18-13(15-2)19-8-10-20(11-9-19)14-16-5-4-6-17-14;/h4-6H,3,7-12H2,1-2H3,(H,15,18);1H. The molecule has 8 nitrogen and oxygen atoms in total. The molecule has 1 aliphatic heterocycles. The van der Waals surface area contributed by atoms with Gasteiger partial charge in [-0.2, -0.15) is 0 Å². The van der Waals surface area contributed by atoms with Gasteiger partial charge in [0.05, 0.1) is 5.75 Å². The van der Waals surface area contributed by atoms with E-state index in [2.05, 4.69) is 30.1 Å². The Morgan fingerprint density at radius 1 is 1.25 bits per heavy atom. The smallest absolute Gasteiger partial charge is 0.225 e. The van der Waals surface area contributed by atoms with Gasteiger partial charge in [-0.1, -0.05) is 6.92 Å². The molecular weight excluding hydrogens is 443 g/mol. The minimum Gasteiger partial charge on any atom is -0.355 e. The van der Waals surface area contributed by atoms with Gasteiger partial charge < -0.3 is 15.1 Å². The molecule has 0 amide bonds. The van der Waals surface area contributed by atoms with Crippen LogP contribution in [-0.2, 0) is 9.84 Å². The van der Waals surface area contributed by atoms with Crippen LogP contribution in [0.3, 0.4) is 0 Å². The maximum Gasteiger partial charge on any atom is 0.225 e. The second-order valence-electron chi connectivity index (χ2n) is 5.23. The van der Waals surface area contributed by atoms with Gasteiger partial charge in [-0.15, -0.1) is 24.0 Å². The van der Waals surface area contributed by atoms with Crippen LogP contribution in [0.1, 0.15) is 6.92 Å². The van der Waals surface area contributed by atoms with Gasteiger partial charge in [-0.25, -0.2) is 18.4 Å². The number of hydrogen-bond acceptors (Lipinski definition) is 6. The molecule has 1 fully saturated rings. The van der Waals surface area contributed by atoms with Crippen molar-refractivity contribution in [1.82, 2.24) is 20.2 Å². The van der Waals surface area contributed by atoms with Gasteiger partial charge in [0.15, 0.2) is 15.8 Å². The van der Waals surface area contributed by atoms with Crippen LogP contribution in [0.25, 0.3) is 0 Å². The van der Waals surface area contributed by atoms with Crippen LogP contribution in [0.15, 0.2) is 23.5 Å². The fraction of sp³-hybridized carbons (Fsp3) is 0.643. The van der Waals surface area contributed by atoms with Crippen molar-refractivity contribution >= 4 is 45.7 Å². The van der Waals surface area contributed by atoms with E-state index in [1.807, 2.05) is 0 Å². The van der Waals surface area contributed by atoms with Crippen molar-refractivity contribution in [3.8, 4) is 0 Å². The number of aromatic nitrogens is 2. The molecule has 2 heterocycles. The molecule has 1 aromatic rings. The molecule has 0 spiro atoms. The van der Waals surface area contributed by atoms with Crippen molar-refractivity contribution in [2.45, 2.75) is 6.92 Å². The number of rotatable bonds is 5. The number of piperazine rings is 1. The molecular formula is C14H25IN6O2S. The van der Waals surface area contributed by atoms with Gasteiger partial charge in [0, 0.05) is 57.9 Å². The van der Waals surface area contributed by atoms with E-state index in [-0.39, 0.29) is 35.5 Å². The molecule has 0 aromatic carbocycles. The molecule has 2 rings (SSSR count). The maximum absolute atomic E-state index is 11.5. The molecule has 0 unspecified atom stereocenters. The second-order valence-corrected chi connectivity index (χ2v) is 7.71. The molecule has 136 valence electrons. The fourth-order valence-electron chi connectivity index (χ4n) is 2.37. The normalized spacial score (nSPS) is 15.8. The molecule has 1 aromatic heterocycles. The lowest BCUT2D eigenvalue weighted by Gasteiger charge is -2.36. The van der Waals surface area contributed by atoms with E-state index in [4.69, 9.17) is 0 Å². The quantitative estimate of drug-likeness (QED) is 0.376. The minimum atomic E-state index is -2.96. The lowest BCUT2D eigenvalue weighted by atomic mass is 10.3. The largest absolute Gasteiger partial charge is 0.355 e. The number of halogens is 1. The van der Waals surface area contributed by atoms with E-state index < -0.39 is 9.84 Å². The van der Waals surface area contributed by atoms with E-state index in [0.717, 1.165) is 38.1 Å². The molecule has 0 saturated carbocycles. The first-order valence-corrected chi connectivity index (χ1v) is 9.56. The zero-order chi connectivity index (χ0) is 16.7. The van der Waals surface area contributed by atoms with Crippen molar-refractivity contribution in [1.29, 1.82) is 0 Å². The molecule has 1 N–H and O–H groups in total. The first-order chi connectivity index (χ1) is 11.1. The van der Waals surface area contributed by atoms with Crippen molar-refractivity contribution < 1.29 is 8.42 Å². The number of hydrogen-bond donors (Lipinski definition) is 1. The van der Waals surface area contributed by atoms with E-state index in [1.165, 1.54) is 0 Å². The summed E-state index contributed by atoms with van der Waals surface area (Å²) in [4.78, 5) is 17.0. The molecule has 10 heteroatoms. The number of nitrogens with zero attached hydrogens (tertiary/aromatic N) is 5. The van der Waals surface area contributed by atoms with Gasteiger partial charge >= 0.3 is 0 Å². The predicted octanol–water partition coefficient (Wildman–Crippen LogP) is 0.227. The monoisotopic (exact) mass is 468 g/mol. The van der Waals surface area contributed by atoms with Crippen LogP contribution >= 0.6 is 24.0 Å². The second kappa shape index (κ2) is 9.97. The van der Waals surface area contributed by atoms with Crippen molar-refractivity contribution in [3.05, 3.63) is 18.5 Å². The number of guanidine groups is 1. The zero-order valence-corrected chi connectivity index (χ0v) is 17.2. The third kappa shape index (κ3) is 6.04. The number of nitrogens with one attached hydrogen (secondary N) is 1. The summed E-state index contributed by atoms with van der Waals surface area (Å²) in [5, 5.41) is 3.13. The number of aliphatic imine (C=N–C) groups is 1. The van der Waals surface area contributed by atoms with E-state index in [0.29, 0.717) is 6.54 Å². The first-order valence-electron chi connectivity index (χ1n) is 7.73. The summed E-state index contributed by atoms with van der Waals surface area (Å²) in [5.41, 5.74) is 0. The van der Waals surface area contributed by atoms with Crippen LogP contribution in [0.2, 0.25) is 0 Å². The van der Waals surface area contributed by atoms with Crippen molar-refractivity contribution in [3.63, 3.8) is 0 Å². The van der Waals surface area contributed by atoms with Gasteiger partial charge in [0.25, 0.3) is 0 Å². The molecule has 1 saturated heterocycles. The highest BCUT2D eigenvalue weighted by atomic mass is 127. The summed E-state index contributed by atoms with van der Waals surface area (Å²) in [6.07, 6.45) is 3.48. The Labute approximate surface area is 160 Å². The zero-order valence-electron chi connectivity index (χ0n) is 14.1. The first kappa shape index (κ1) is 20.9. The Kier molecular flexibility index (Phi) is 8.67. The van der Waals surface area contributed by atoms with E-state index in [1.54, 1.807) is 32.4 Å². The molecule has 0 atom stereocenters. The third-order valence-corrected chi connectivity index (χ3v) is 5.47. The van der Waals surface area contributed by atoms with Crippen LogP contribution < -0.4 is 10.2 Å². The highest BCUT2D eigenvalue weighted by Gasteiger charge is 2.21. The summed E-state index contributed by atoms with van der Waals surface area (Å²) in [7, 11) is -1.25. The minimum absolute atomic E-state index is 0. The maximum atomic E-state index is 11.5. The number of anilines is 1. The van der Waals surface area contributed by atoms with Crippen LogP contribution in [0.4, 0.5) is 5.95 Å². The average Bonchev–Trinajstić information content (AvgIpc) is 2.60. The summed E-state index contributed by atoms with van der Waals surface area (Å²) in [5.74, 6) is 1.78. The van der Waals surface area contributed by atoms with Crippen molar-refractivity contribution in [2.24, 2.45) is 4.99 Å². The Morgan fingerprint density at radius 2 is 1.88 bits per heavy atom. The van der Waals surface area contributed by atoms with E-state index >= 15 is 0 Å². The van der Waals surface area contributed by atoms with Gasteiger partial charge in [0.1, 0.15) is 0 Å². The summed E-state index contributed by atoms with van der Waals surface area (Å²) >= 11 is 0. The summed E-state index contributed by atoms with van der Waals surface area (Å²) in [6, 6.07) is 1.80. The Morgan fingerprint density at radius 3 is 2.42 bits per heavy atom. The lowest BCUT2D eigenvalue weighted by Crippen LogP contribution is -2.53. The highest BCUT2D eigenvalue weighted by Crippen LogP contribution is 2.09. The predicted molar refractivity (Wildman–Crippen MR) is 107 cm³/mol. The van der Waals surface area contributed by atoms with Gasteiger partial charge in [0.2, 0.25) is 5.95 Å². The Balaban J connectivity index is 0.00000288. The topological polar surface area (TPSA) is 90.8 Å². The van der Waals surface area contributed by atoms with Gasteiger partial charge in [-0.3, -0.25) is 4.99 Å². The van der Waals surface area contributed by atoms with Gasteiger partial charge in [-0.05, 0) is 6.07 Å². The highest BCUT2D eigenvalue weighted by molar-refractivity contribution is 14.0. The molecule has 0 bridgehead atoms. The van der Waals surface area contributed by atoms with Crippen LogP contribution in [0, 0.1) is 0 Å². The SMILES string of the molecule is CCS(=O)(=O)CCNC(=NC)N1CCN(c2ncccn2)CC1.I. The molecule has 0 aliphatic carbocycles. The fourth-order valence-corrected chi connectivity index (χ4v) is 3.07. The van der Waals surface area contributed by atoms with Crippen LogP contribution in [-0.4, -0.2) is 80.5 Å².